The van der Waals surface area contributed by atoms with Gasteiger partial charge in [-0.25, -0.2) is 0 Å². The molecule has 134 valence electrons. The van der Waals surface area contributed by atoms with Crippen molar-refractivity contribution in [1.82, 2.24) is 10.6 Å². The lowest BCUT2D eigenvalue weighted by Crippen LogP contribution is -2.59. The van der Waals surface area contributed by atoms with Gasteiger partial charge in [-0.05, 0) is 49.3 Å². The smallest absolute Gasteiger partial charge is 0.234 e. The molecule has 2 fully saturated rings. The highest BCUT2D eigenvalue weighted by molar-refractivity contribution is 8.03. The minimum atomic E-state index is -0.344. The number of carbonyl (C=O) groups is 1. The van der Waals surface area contributed by atoms with Crippen LogP contribution < -0.4 is 10.6 Å². The van der Waals surface area contributed by atoms with Crippen LogP contribution in [0.1, 0.15) is 42.9 Å². The number of carbonyl (C=O) groups excluding carboxylic acids is 1. The Bertz CT molecular complexity index is 675. The summed E-state index contributed by atoms with van der Waals surface area (Å²) in [6.07, 6.45) is 3.46. The predicted octanol–water partition coefficient (Wildman–Crippen LogP) is 2.57. The Morgan fingerprint density at radius 3 is 2.76 bits per heavy atom. The zero-order chi connectivity index (χ0) is 17.6. The summed E-state index contributed by atoms with van der Waals surface area (Å²) in [6.45, 7) is 2.14. The first-order chi connectivity index (χ1) is 12.1. The quantitative estimate of drug-likeness (QED) is 0.777. The highest BCUT2D eigenvalue weighted by Crippen LogP contribution is 2.50. The van der Waals surface area contributed by atoms with Crippen LogP contribution in [0.5, 0.6) is 0 Å². The molecule has 1 aromatic rings. The van der Waals surface area contributed by atoms with Gasteiger partial charge >= 0.3 is 0 Å². The lowest BCUT2D eigenvalue weighted by Gasteiger charge is -2.48. The summed E-state index contributed by atoms with van der Waals surface area (Å²) in [7, 11) is 1.96. The van der Waals surface area contributed by atoms with Crippen molar-refractivity contribution in [2.45, 2.75) is 49.1 Å². The molecule has 1 aromatic carbocycles. The lowest BCUT2D eigenvalue weighted by molar-refractivity contribution is -0.126. The number of rotatable bonds is 3. The maximum atomic E-state index is 12.4. The van der Waals surface area contributed by atoms with Gasteiger partial charge in [0, 0.05) is 23.9 Å². The molecule has 7 atom stereocenters. The Hall–Kier alpha value is -1.30. The van der Waals surface area contributed by atoms with Crippen molar-refractivity contribution in [2.75, 3.05) is 7.05 Å². The summed E-state index contributed by atoms with van der Waals surface area (Å²) in [5.74, 6) is 0.730. The summed E-state index contributed by atoms with van der Waals surface area (Å²) in [4.78, 5) is 12.4. The Morgan fingerprint density at radius 2 is 2.04 bits per heavy atom. The van der Waals surface area contributed by atoms with Crippen LogP contribution in [0.4, 0.5) is 0 Å². The number of piperidine rings is 1. The topological polar surface area (TPSA) is 61.4 Å². The number of benzene rings is 1. The van der Waals surface area contributed by atoms with E-state index in [0.29, 0.717) is 6.04 Å². The highest BCUT2D eigenvalue weighted by Gasteiger charge is 2.51. The number of fused-ring (bicyclic) bond motifs is 3. The molecule has 5 heteroatoms. The summed E-state index contributed by atoms with van der Waals surface area (Å²) in [6, 6.07) is 9.12. The molecule has 4 nitrogen and oxygen atoms in total. The van der Waals surface area contributed by atoms with Crippen molar-refractivity contribution in [3.05, 3.63) is 46.9 Å². The van der Waals surface area contributed by atoms with E-state index in [2.05, 4.69) is 53.3 Å². The van der Waals surface area contributed by atoms with Gasteiger partial charge in [0.1, 0.15) is 0 Å². The Morgan fingerprint density at radius 1 is 1.28 bits per heavy atom. The van der Waals surface area contributed by atoms with Gasteiger partial charge < -0.3 is 15.7 Å². The standard InChI is InChI=1S/C20H26N2O2S/c1-11(21-2)12-3-5-13(6-4-12)17-16(23)8-7-15-18(17)14-9-10-25-19(14)20(24)22-15/h3-6,9-11,14-19,21,23H,7-8H2,1-2H3,(H,22,24)/t11-,14?,15?,16?,17?,18?,19?/m1/s1. The molecule has 2 heterocycles. The average molecular weight is 359 g/mol. The summed E-state index contributed by atoms with van der Waals surface area (Å²) in [5.41, 5.74) is 2.44. The second-order valence-electron chi connectivity index (χ2n) is 7.50. The van der Waals surface area contributed by atoms with Gasteiger partial charge in [-0.15, -0.1) is 11.8 Å². The normalized spacial score (nSPS) is 38.0. The zero-order valence-electron chi connectivity index (χ0n) is 14.7. The second kappa shape index (κ2) is 6.78. The van der Waals surface area contributed by atoms with Crippen LogP contribution in [-0.2, 0) is 4.79 Å². The van der Waals surface area contributed by atoms with Gasteiger partial charge in [-0.3, -0.25) is 4.79 Å². The Kier molecular flexibility index (Phi) is 4.65. The van der Waals surface area contributed by atoms with Crippen molar-refractivity contribution >= 4 is 17.7 Å². The van der Waals surface area contributed by atoms with E-state index in [4.69, 9.17) is 0 Å². The van der Waals surface area contributed by atoms with E-state index in [1.807, 2.05) is 7.05 Å². The third kappa shape index (κ3) is 2.92. The van der Waals surface area contributed by atoms with E-state index in [1.165, 1.54) is 11.1 Å². The van der Waals surface area contributed by atoms with Crippen LogP contribution in [0, 0.1) is 11.8 Å². The maximum Gasteiger partial charge on any atom is 0.234 e. The molecular formula is C20H26N2O2S. The molecule has 0 aromatic heterocycles. The largest absolute Gasteiger partial charge is 0.392 e. The van der Waals surface area contributed by atoms with E-state index < -0.39 is 0 Å². The molecular weight excluding hydrogens is 332 g/mol. The van der Waals surface area contributed by atoms with Crippen LogP contribution in [0.2, 0.25) is 0 Å². The minimum absolute atomic E-state index is 0.0300. The number of nitrogens with one attached hydrogen (secondary N) is 2. The van der Waals surface area contributed by atoms with E-state index in [-0.39, 0.29) is 41.1 Å². The van der Waals surface area contributed by atoms with Crippen LogP contribution in [0.3, 0.4) is 0 Å². The van der Waals surface area contributed by atoms with Crippen LogP contribution in [-0.4, -0.2) is 35.5 Å². The van der Waals surface area contributed by atoms with Gasteiger partial charge in [0.25, 0.3) is 0 Å². The third-order valence-electron chi connectivity index (χ3n) is 6.23. The van der Waals surface area contributed by atoms with Gasteiger partial charge in [0.05, 0.1) is 11.4 Å². The van der Waals surface area contributed by atoms with Gasteiger partial charge in [-0.2, -0.15) is 0 Å². The van der Waals surface area contributed by atoms with Crippen LogP contribution >= 0.6 is 11.8 Å². The van der Waals surface area contributed by atoms with Crippen LogP contribution in [0.25, 0.3) is 0 Å². The molecule has 1 saturated heterocycles. The molecule has 2 aliphatic heterocycles. The van der Waals surface area contributed by atoms with E-state index in [0.717, 1.165) is 12.8 Å². The van der Waals surface area contributed by atoms with Gasteiger partial charge in [0.15, 0.2) is 0 Å². The van der Waals surface area contributed by atoms with E-state index >= 15 is 0 Å². The molecule has 1 amide bonds. The number of aliphatic hydroxyl groups excluding tert-OH is 1. The van der Waals surface area contributed by atoms with E-state index in [9.17, 15) is 9.90 Å². The summed E-state index contributed by atoms with van der Waals surface area (Å²) >= 11 is 1.62. The number of amides is 1. The first kappa shape index (κ1) is 17.1. The predicted molar refractivity (Wildman–Crippen MR) is 101 cm³/mol. The number of allylic oxidation sites excluding steroid dienone is 1. The van der Waals surface area contributed by atoms with Crippen molar-refractivity contribution in [3.63, 3.8) is 0 Å². The first-order valence-corrected chi connectivity index (χ1v) is 10.1. The molecule has 6 unspecified atom stereocenters. The molecule has 25 heavy (non-hydrogen) atoms. The molecule has 3 N–H and O–H groups in total. The fourth-order valence-electron chi connectivity index (χ4n) is 4.77. The summed E-state index contributed by atoms with van der Waals surface area (Å²) < 4.78 is 0. The number of aliphatic hydroxyl groups is 1. The third-order valence-corrected chi connectivity index (χ3v) is 7.36. The minimum Gasteiger partial charge on any atom is -0.392 e. The average Bonchev–Trinajstić information content (AvgIpc) is 3.12. The van der Waals surface area contributed by atoms with Crippen LogP contribution in [0.15, 0.2) is 35.7 Å². The molecule has 3 aliphatic rings. The molecule has 1 aliphatic carbocycles. The van der Waals surface area contributed by atoms with Crippen molar-refractivity contribution < 1.29 is 9.90 Å². The fourth-order valence-corrected chi connectivity index (χ4v) is 5.85. The van der Waals surface area contributed by atoms with Crippen molar-refractivity contribution in [2.24, 2.45) is 11.8 Å². The molecule has 4 rings (SSSR count). The molecule has 0 radical (unpaired) electrons. The molecule has 0 bridgehead atoms. The van der Waals surface area contributed by atoms with Crippen molar-refractivity contribution in [1.29, 1.82) is 0 Å². The Labute approximate surface area is 153 Å². The SMILES string of the molecule is CN[C@H](C)c1ccc(C2C(O)CCC3NC(=O)C4SC=CC4C32)cc1. The zero-order valence-corrected chi connectivity index (χ0v) is 15.5. The second-order valence-corrected chi connectivity index (χ2v) is 8.55. The lowest BCUT2D eigenvalue weighted by atomic mass is 9.63. The van der Waals surface area contributed by atoms with Gasteiger partial charge in [0.2, 0.25) is 5.91 Å². The molecule has 0 spiro atoms. The Balaban J connectivity index is 1.66. The highest BCUT2D eigenvalue weighted by atomic mass is 32.2. The van der Waals surface area contributed by atoms with E-state index in [1.54, 1.807) is 11.8 Å². The first-order valence-electron chi connectivity index (χ1n) is 9.18. The fraction of sp³-hybridized carbons (Fsp3) is 0.550. The maximum absolute atomic E-state index is 12.4. The number of thioether (sulfide) groups is 1. The van der Waals surface area contributed by atoms with Crippen molar-refractivity contribution in [3.8, 4) is 0 Å². The number of hydrogen-bond acceptors (Lipinski definition) is 4. The monoisotopic (exact) mass is 358 g/mol. The summed E-state index contributed by atoms with van der Waals surface area (Å²) in [5, 5.41) is 19.3. The van der Waals surface area contributed by atoms with Gasteiger partial charge in [-0.1, -0.05) is 30.3 Å². The number of hydrogen-bond donors (Lipinski definition) is 3. The molecule has 1 saturated carbocycles.